The van der Waals surface area contributed by atoms with Gasteiger partial charge in [0.2, 0.25) is 0 Å². The van der Waals surface area contributed by atoms with Crippen LogP contribution in [-0.4, -0.2) is 12.1 Å². The van der Waals surface area contributed by atoms with E-state index in [1.807, 2.05) is 0 Å². The monoisotopic (exact) mass is 296 g/mol. The summed E-state index contributed by atoms with van der Waals surface area (Å²) in [7, 11) is 0. The highest BCUT2D eigenvalue weighted by molar-refractivity contribution is 9.10. The van der Waals surface area contributed by atoms with E-state index >= 15 is 0 Å². The number of hydrogen-bond donors (Lipinski definition) is 2. The predicted molar refractivity (Wildman–Crippen MR) is 77.5 cm³/mol. The Bertz CT molecular complexity index is 372. The molecule has 3 heteroatoms. The third-order valence-electron chi connectivity index (χ3n) is 3.62. The van der Waals surface area contributed by atoms with Gasteiger partial charge in [0, 0.05) is 22.2 Å². The van der Waals surface area contributed by atoms with Crippen LogP contribution in [-0.2, 0) is 0 Å². The highest BCUT2D eigenvalue weighted by Crippen LogP contribution is 2.28. The van der Waals surface area contributed by atoms with Gasteiger partial charge in [0.05, 0.1) is 0 Å². The van der Waals surface area contributed by atoms with E-state index in [-0.39, 0.29) is 0 Å². The number of nitrogens with one attached hydrogen (secondary N) is 1. The summed E-state index contributed by atoms with van der Waals surface area (Å²) in [5.41, 5.74) is 9.86. The summed E-state index contributed by atoms with van der Waals surface area (Å²) in [5, 5.41) is 3.69. The standard InChI is InChI=1S/C14H21BrN2/c1-9-7-11(15)8-10(2)14(9)17-13-5-3-12(16)4-6-13/h7-8,12-13,17H,3-6,16H2,1-2H3. The maximum absolute atomic E-state index is 5.94. The molecule has 0 saturated heterocycles. The molecule has 1 fully saturated rings. The zero-order valence-corrected chi connectivity index (χ0v) is 12.2. The van der Waals surface area contributed by atoms with Crippen LogP contribution in [0.25, 0.3) is 0 Å². The highest BCUT2D eigenvalue weighted by atomic mass is 79.9. The molecule has 0 radical (unpaired) electrons. The molecular formula is C14H21BrN2. The first kappa shape index (κ1) is 12.9. The molecule has 0 unspecified atom stereocenters. The van der Waals surface area contributed by atoms with Gasteiger partial charge in [-0.3, -0.25) is 0 Å². The van der Waals surface area contributed by atoms with E-state index in [0.717, 1.165) is 17.3 Å². The van der Waals surface area contributed by atoms with Crippen LogP contribution >= 0.6 is 15.9 Å². The van der Waals surface area contributed by atoms with Crippen molar-refractivity contribution in [3.05, 3.63) is 27.7 Å². The fraction of sp³-hybridized carbons (Fsp3) is 0.571. The second-order valence-electron chi connectivity index (χ2n) is 5.17. The van der Waals surface area contributed by atoms with Gasteiger partial charge >= 0.3 is 0 Å². The van der Waals surface area contributed by atoms with Crippen LogP contribution in [0.3, 0.4) is 0 Å². The van der Waals surface area contributed by atoms with E-state index in [4.69, 9.17) is 5.73 Å². The number of aryl methyl sites for hydroxylation is 2. The second kappa shape index (κ2) is 5.40. The third-order valence-corrected chi connectivity index (χ3v) is 4.08. The molecule has 0 aromatic heterocycles. The Balaban J connectivity index is 2.08. The van der Waals surface area contributed by atoms with Gasteiger partial charge in [-0.05, 0) is 62.8 Å². The zero-order chi connectivity index (χ0) is 12.4. The summed E-state index contributed by atoms with van der Waals surface area (Å²) in [6, 6.07) is 5.35. The normalized spacial score (nSPS) is 24.7. The summed E-state index contributed by atoms with van der Waals surface area (Å²) in [6.45, 7) is 4.32. The van der Waals surface area contributed by atoms with Gasteiger partial charge in [0.15, 0.2) is 0 Å². The summed E-state index contributed by atoms with van der Waals surface area (Å²) >= 11 is 3.54. The Morgan fingerprint density at radius 1 is 1.12 bits per heavy atom. The minimum atomic E-state index is 0.417. The maximum atomic E-state index is 5.94. The quantitative estimate of drug-likeness (QED) is 0.872. The maximum Gasteiger partial charge on any atom is 0.0402 e. The van der Waals surface area contributed by atoms with E-state index in [9.17, 15) is 0 Å². The van der Waals surface area contributed by atoms with Crippen molar-refractivity contribution in [2.75, 3.05) is 5.32 Å². The van der Waals surface area contributed by atoms with E-state index in [2.05, 4.69) is 47.2 Å². The van der Waals surface area contributed by atoms with Crippen LogP contribution in [0.1, 0.15) is 36.8 Å². The van der Waals surface area contributed by atoms with Crippen LogP contribution in [0, 0.1) is 13.8 Å². The molecule has 1 aromatic rings. The molecule has 3 N–H and O–H groups in total. The number of nitrogens with two attached hydrogens (primary N) is 1. The fourth-order valence-electron chi connectivity index (χ4n) is 2.61. The molecule has 17 heavy (non-hydrogen) atoms. The fourth-order valence-corrected chi connectivity index (χ4v) is 3.29. The van der Waals surface area contributed by atoms with E-state index in [1.165, 1.54) is 29.7 Å². The molecule has 0 heterocycles. The summed E-state index contributed by atoms with van der Waals surface area (Å²) < 4.78 is 1.16. The Morgan fingerprint density at radius 3 is 2.18 bits per heavy atom. The Labute approximate surface area is 112 Å². The average Bonchev–Trinajstić information content (AvgIpc) is 2.26. The van der Waals surface area contributed by atoms with Crippen molar-refractivity contribution in [2.24, 2.45) is 5.73 Å². The molecule has 2 rings (SSSR count). The lowest BCUT2D eigenvalue weighted by molar-refractivity contribution is 0.411. The predicted octanol–water partition coefficient (Wildman–Crippen LogP) is 3.75. The number of halogens is 1. The van der Waals surface area contributed by atoms with Crippen molar-refractivity contribution in [1.82, 2.24) is 0 Å². The van der Waals surface area contributed by atoms with Gasteiger partial charge in [0.25, 0.3) is 0 Å². The van der Waals surface area contributed by atoms with Crippen LogP contribution in [0.15, 0.2) is 16.6 Å². The van der Waals surface area contributed by atoms with Gasteiger partial charge in [-0.15, -0.1) is 0 Å². The van der Waals surface area contributed by atoms with E-state index in [0.29, 0.717) is 12.1 Å². The molecule has 0 spiro atoms. The smallest absolute Gasteiger partial charge is 0.0402 e. The molecule has 1 saturated carbocycles. The molecule has 1 aliphatic carbocycles. The molecule has 2 nitrogen and oxygen atoms in total. The molecule has 0 aliphatic heterocycles. The number of rotatable bonds is 2. The zero-order valence-electron chi connectivity index (χ0n) is 10.6. The van der Waals surface area contributed by atoms with Crippen molar-refractivity contribution in [1.29, 1.82) is 0 Å². The largest absolute Gasteiger partial charge is 0.382 e. The lowest BCUT2D eigenvalue weighted by Gasteiger charge is -2.29. The van der Waals surface area contributed by atoms with E-state index < -0.39 is 0 Å². The molecule has 94 valence electrons. The third kappa shape index (κ3) is 3.23. The van der Waals surface area contributed by atoms with E-state index in [1.54, 1.807) is 0 Å². The highest BCUT2D eigenvalue weighted by Gasteiger charge is 2.19. The van der Waals surface area contributed by atoms with Gasteiger partial charge in [-0.1, -0.05) is 15.9 Å². The molecule has 0 bridgehead atoms. The topological polar surface area (TPSA) is 38.0 Å². The second-order valence-corrected chi connectivity index (χ2v) is 6.09. The van der Waals surface area contributed by atoms with Crippen molar-refractivity contribution in [2.45, 2.75) is 51.6 Å². The molecule has 1 aliphatic rings. The molecule has 0 amide bonds. The Hall–Kier alpha value is -0.540. The number of benzene rings is 1. The van der Waals surface area contributed by atoms with Crippen molar-refractivity contribution >= 4 is 21.6 Å². The van der Waals surface area contributed by atoms with Gasteiger partial charge < -0.3 is 11.1 Å². The van der Waals surface area contributed by atoms with Gasteiger partial charge in [-0.25, -0.2) is 0 Å². The molecule has 1 aromatic carbocycles. The first-order chi connectivity index (χ1) is 8.06. The van der Waals surface area contributed by atoms with Crippen LogP contribution in [0.5, 0.6) is 0 Å². The number of hydrogen-bond acceptors (Lipinski definition) is 2. The minimum Gasteiger partial charge on any atom is -0.382 e. The number of anilines is 1. The van der Waals surface area contributed by atoms with Crippen molar-refractivity contribution in [3.8, 4) is 0 Å². The van der Waals surface area contributed by atoms with Crippen LogP contribution in [0.2, 0.25) is 0 Å². The van der Waals surface area contributed by atoms with Crippen molar-refractivity contribution in [3.63, 3.8) is 0 Å². The lowest BCUT2D eigenvalue weighted by atomic mass is 9.91. The Morgan fingerprint density at radius 2 is 1.65 bits per heavy atom. The summed E-state index contributed by atoms with van der Waals surface area (Å²) in [5.74, 6) is 0. The van der Waals surface area contributed by atoms with Crippen LogP contribution in [0.4, 0.5) is 5.69 Å². The SMILES string of the molecule is Cc1cc(Br)cc(C)c1NC1CCC(N)CC1. The molecule has 0 atom stereocenters. The Kier molecular flexibility index (Phi) is 4.10. The minimum absolute atomic E-state index is 0.417. The van der Waals surface area contributed by atoms with Gasteiger partial charge in [-0.2, -0.15) is 0 Å². The lowest BCUT2D eigenvalue weighted by Crippen LogP contribution is -2.33. The van der Waals surface area contributed by atoms with Crippen LogP contribution < -0.4 is 11.1 Å². The molecular weight excluding hydrogens is 276 g/mol. The first-order valence-corrected chi connectivity index (χ1v) is 7.14. The van der Waals surface area contributed by atoms with Gasteiger partial charge in [0.1, 0.15) is 0 Å². The summed E-state index contributed by atoms with van der Waals surface area (Å²) in [6.07, 6.45) is 4.67. The summed E-state index contributed by atoms with van der Waals surface area (Å²) in [4.78, 5) is 0. The first-order valence-electron chi connectivity index (χ1n) is 6.35. The van der Waals surface area contributed by atoms with Crippen molar-refractivity contribution < 1.29 is 0 Å². The average molecular weight is 297 g/mol.